The number of ether oxygens (including phenoxy) is 3. The molecule has 1 fully saturated rings. The van der Waals surface area contributed by atoms with Crippen LogP contribution in [0, 0.1) is 5.92 Å². The van der Waals surface area contributed by atoms with Gasteiger partial charge in [-0.2, -0.15) is 0 Å². The van der Waals surface area contributed by atoms with Gasteiger partial charge in [0.15, 0.2) is 11.5 Å². The van der Waals surface area contributed by atoms with Gasteiger partial charge in [-0.05, 0) is 43.5 Å². The Balaban J connectivity index is 1.54. The first kappa shape index (κ1) is 14.6. The molecule has 1 saturated heterocycles. The minimum Gasteiger partial charge on any atom is -0.454 e. The molecule has 0 saturated carbocycles. The van der Waals surface area contributed by atoms with Gasteiger partial charge in [-0.25, -0.2) is 0 Å². The number of rotatable bonds is 5. The van der Waals surface area contributed by atoms with Crippen LogP contribution in [0.4, 0.5) is 0 Å². The Kier molecular flexibility index (Phi) is 4.63. The third-order valence-electron chi connectivity index (χ3n) is 4.16. The lowest BCUT2D eigenvalue weighted by molar-refractivity contribution is 0.0414. The van der Waals surface area contributed by atoms with Crippen LogP contribution in [0.1, 0.15) is 24.4 Å². The summed E-state index contributed by atoms with van der Waals surface area (Å²) in [7, 11) is 2.13. The van der Waals surface area contributed by atoms with E-state index in [1.54, 1.807) is 0 Å². The van der Waals surface area contributed by atoms with Crippen LogP contribution in [0.25, 0.3) is 0 Å². The van der Waals surface area contributed by atoms with Crippen molar-refractivity contribution in [1.29, 1.82) is 0 Å². The molecule has 0 aliphatic carbocycles. The summed E-state index contributed by atoms with van der Waals surface area (Å²) in [5.74, 6) is 2.23. The summed E-state index contributed by atoms with van der Waals surface area (Å²) in [6, 6.07) is 5.93. The molecule has 2 aliphatic heterocycles. The number of hydrogen-bond acceptors (Lipinski definition) is 5. The van der Waals surface area contributed by atoms with Crippen LogP contribution >= 0.6 is 0 Å². The monoisotopic (exact) mass is 292 g/mol. The molecule has 5 heteroatoms. The van der Waals surface area contributed by atoms with Crippen molar-refractivity contribution >= 4 is 0 Å². The molecule has 0 spiro atoms. The minimum absolute atomic E-state index is 0.0194. The first-order chi connectivity index (χ1) is 10.2. The molecule has 2 heterocycles. The van der Waals surface area contributed by atoms with Gasteiger partial charge in [0, 0.05) is 25.7 Å². The van der Waals surface area contributed by atoms with Crippen LogP contribution in [0.15, 0.2) is 18.2 Å². The first-order valence-corrected chi connectivity index (χ1v) is 7.64. The Hall–Kier alpha value is -1.30. The highest BCUT2D eigenvalue weighted by molar-refractivity contribution is 5.45. The summed E-state index contributed by atoms with van der Waals surface area (Å²) in [6.07, 6.45) is 2.43. The maximum Gasteiger partial charge on any atom is 0.231 e. The van der Waals surface area contributed by atoms with E-state index in [1.807, 2.05) is 18.2 Å². The summed E-state index contributed by atoms with van der Waals surface area (Å²) in [6.45, 7) is 3.96. The Labute approximate surface area is 126 Å². The van der Waals surface area contributed by atoms with Crippen LogP contribution in [0.3, 0.4) is 0 Å². The molecule has 2 atom stereocenters. The second-order valence-electron chi connectivity index (χ2n) is 6.02. The highest BCUT2D eigenvalue weighted by Gasteiger charge is 2.19. The standard InChI is InChI=1S/C16H24N2O3/c1-18(8-12-3-2-6-19-10-12)9-14(17)13-4-5-15-16(7-13)21-11-20-15/h4-5,7,12,14H,2-3,6,8-11,17H2,1H3. The summed E-state index contributed by atoms with van der Waals surface area (Å²) in [5.41, 5.74) is 7.41. The van der Waals surface area contributed by atoms with Crippen molar-refractivity contribution in [3.8, 4) is 11.5 Å². The Morgan fingerprint density at radius 2 is 2.19 bits per heavy atom. The molecule has 2 aliphatic rings. The molecular weight excluding hydrogens is 268 g/mol. The van der Waals surface area contributed by atoms with E-state index in [0.29, 0.717) is 12.7 Å². The third kappa shape index (κ3) is 3.67. The van der Waals surface area contributed by atoms with E-state index in [4.69, 9.17) is 19.9 Å². The van der Waals surface area contributed by atoms with Crippen molar-refractivity contribution in [2.24, 2.45) is 11.7 Å². The van der Waals surface area contributed by atoms with E-state index in [9.17, 15) is 0 Å². The molecule has 5 nitrogen and oxygen atoms in total. The highest BCUT2D eigenvalue weighted by atomic mass is 16.7. The van der Waals surface area contributed by atoms with Gasteiger partial charge in [-0.3, -0.25) is 0 Å². The van der Waals surface area contributed by atoms with Gasteiger partial charge < -0.3 is 24.8 Å². The van der Waals surface area contributed by atoms with E-state index < -0.39 is 0 Å². The minimum atomic E-state index is -0.0194. The zero-order valence-corrected chi connectivity index (χ0v) is 12.6. The zero-order chi connectivity index (χ0) is 14.7. The van der Waals surface area contributed by atoms with E-state index in [2.05, 4.69) is 11.9 Å². The first-order valence-electron chi connectivity index (χ1n) is 7.64. The second kappa shape index (κ2) is 6.64. The SMILES string of the molecule is CN(CC1CCCOC1)CC(N)c1ccc2c(c1)OCO2. The van der Waals surface area contributed by atoms with Crippen LogP contribution in [-0.2, 0) is 4.74 Å². The molecule has 1 aromatic rings. The lowest BCUT2D eigenvalue weighted by Gasteiger charge is -2.28. The Bertz CT molecular complexity index is 475. The number of nitrogens with zero attached hydrogens (tertiary/aromatic N) is 1. The average Bonchev–Trinajstić information content (AvgIpc) is 2.95. The number of fused-ring (bicyclic) bond motifs is 1. The van der Waals surface area contributed by atoms with E-state index in [0.717, 1.165) is 43.4 Å². The lowest BCUT2D eigenvalue weighted by Crippen LogP contribution is -2.35. The van der Waals surface area contributed by atoms with Gasteiger partial charge >= 0.3 is 0 Å². The predicted octanol–water partition coefficient (Wildman–Crippen LogP) is 1.77. The highest BCUT2D eigenvalue weighted by Crippen LogP contribution is 2.33. The molecule has 1 aromatic carbocycles. The maximum absolute atomic E-state index is 6.33. The van der Waals surface area contributed by atoms with Crippen LogP contribution in [-0.4, -0.2) is 45.0 Å². The fourth-order valence-corrected chi connectivity index (χ4v) is 3.05. The quantitative estimate of drug-likeness (QED) is 0.896. The molecular formula is C16H24N2O3. The van der Waals surface area contributed by atoms with Crippen molar-refractivity contribution in [2.45, 2.75) is 18.9 Å². The average molecular weight is 292 g/mol. The number of hydrogen-bond donors (Lipinski definition) is 1. The topological polar surface area (TPSA) is 57.0 Å². The fraction of sp³-hybridized carbons (Fsp3) is 0.625. The molecule has 0 radical (unpaired) electrons. The lowest BCUT2D eigenvalue weighted by atomic mass is 10.0. The molecule has 2 N–H and O–H groups in total. The van der Waals surface area contributed by atoms with Crippen molar-refractivity contribution in [3.05, 3.63) is 23.8 Å². The summed E-state index contributed by atoms with van der Waals surface area (Å²) in [5, 5.41) is 0. The van der Waals surface area contributed by atoms with Gasteiger partial charge in [0.25, 0.3) is 0 Å². The molecule has 0 aromatic heterocycles. The van der Waals surface area contributed by atoms with Crippen LogP contribution in [0.5, 0.6) is 11.5 Å². The smallest absolute Gasteiger partial charge is 0.231 e. The van der Waals surface area contributed by atoms with Gasteiger partial charge in [-0.15, -0.1) is 0 Å². The van der Waals surface area contributed by atoms with Gasteiger partial charge in [0.05, 0.1) is 6.61 Å². The Morgan fingerprint density at radius 3 is 3.00 bits per heavy atom. The van der Waals surface area contributed by atoms with Gasteiger partial charge in [-0.1, -0.05) is 6.07 Å². The number of nitrogens with two attached hydrogens (primary N) is 1. The van der Waals surface area contributed by atoms with Crippen molar-refractivity contribution in [1.82, 2.24) is 4.90 Å². The van der Waals surface area contributed by atoms with E-state index >= 15 is 0 Å². The molecule has 0 amide bonds. The Morgan fingerprint density at radius 1 is 1.33 bits per heavy atom. The fourth-order valence-electron chi connectivity index (χ4n) is 3.05. The van der Waals surface area contributed by atoms with Crippen molar-refractivity contribution in [3.63, 3.8) is 0 Å². The van der Waals surface area contributed by atoms with Crippen molar-refractivity contribution < 1.29 is 14.2 Å². The molecule has 21 heavy (non-hydrogen) atoms. The van der Waals surface area contributed by atoms with E-state index in [1.165, 1.54) is 12.8 Å². The largest absolute Gasteiger partial charge is 0.454 e. The molecule has 116 valence electrons. The third-order valence-corrected chi connectivity index (χ3v) is 4.16. The van der Waals surface area contributed by atoms with Crippen LogP contribution < -0.4 is 15.2 Å². The van der Waals surface area contributed by atoms with Crippen LogP contribution in [0.2, 0.25) is 0 Å². The second-order valence-corrected chi connectivity index (χ2v) is 6.02. The summed E-state index contributed by atoms with van der Waals surface area (Å²) >= 11 is 0. The number of likely N-dealkylation sites (N-methyl/N-ethyl adjacent to an activating group) is 1. The normalized spacial score (nSPS) is 22.5. The predicted molar refractivity (Wildman–Crippen MR) is 80.5 cm³/mol. The number of benzene rings is 1. The summed E-state index contributed by atoms with van der Waals surface area (Å²) < 4.78 is 16.3. The van der Waals surface area contributed by atoms with E-state index in [-0.39, 0.29) is 6.04 Å². The zero-order valence-electron chi connectivity index (χ0n) is 12.6. The van der Waals surface area contributed by atoms with Gasteiger partial charge in [0.2, 0.25) is 6.79 Å². The molecule has 2 unspecified atom stereocenters. The summed E-state index contributed by atoms with van der Waals surface area (Å²) in [4.78, 5) is 2.30. The molecule has 3 rings (SSSR count). The molecule has 0 bridgehead atoms. The van der Waals surface area contributed by atoms with Crippen molar-refractivity contribution in [2.75, 3.05) is 40.1 Å². The van der Waals surface area contributed by atoms with Gasteiger partial charge in [0.1, 0.15) is 0 Å². The maximum atomic E-state index is 6.33.